The molecule has 2 rings (SSSR count). The van der Waals surface area contributed by atoms with Gasteiger partial charge in [0.25, 0.3) is 10.0 Å². The van der Waals surface area contributed by atoms with Crippen molar-refractivity contribution in [2.45, 2.75) is 10.8 Å². The topological polar surface area (TPSA) is 107 Å². The Balaban J connectivity index is 1.91. The van der Waals surface area contributed by atoms with Crippen LogP contribution < -0.4 is 15.2 Å². The van der Waals surface area contributed by atoms with E-state index >= 15 is 0 Å². The number of nitrogen functional groups attached to an aromatic ring is 1. The number of methoxy groups -OCH3 is 1. The van der Waals surface area contributed by atoms with Crippen LogP contribution in [0.1, 0.15) is 5.56 Å². The monoisotopic (exact) mass is 314 g/mol. The van der Waals surface area contributed by atoms with Gasteiger partial charge in [-0.2, -0.15) is 0 Å². The minimum atomic E-state index is -3.63. The Labute approximate surface area is 120 Å². The molecule has 7 nitrogen and oxygen atoms in total. The molecule has 0 amide bonds. The molecule has 2 aromatic rings. The van der Waals surface area contributed by atoms with E-state index in [9.17, 15) is 8.42 Å². The molecule has 1 aromatic carbocycles. The Hall–Kier alpha value is -1.71. The van der Waals surface area contributed by atoms with E-state index in [0.717, 1.165) is 22.6 Å². The third-order valence-electron chi connectivity index (χ3n) is 2.52. The van der Waals surface area contributed by atoms with Crippen molar-refractivity contribution in [1.82, 2.24) is 14.9 Å². The molecule has 0 unspecified atom stereocenters. The average Bonchev–Trinajstić information content (AvgIpc) is 2.87. The first kappa shape index (κ1) is 14.7. The maximum atomic E-state index is 11.9. The number of anilines is 1. The number of benzene rings is 1. The van der Waals surface area contributed by atoms with Gasteiger partial charge in [-0.1, -0.05) is 23.5 Å². The van der Waals surface area contributed by atoms with Crippen LogP contribution in [0.2, 0.25) is 0 Å². The number of ether oxygens (including phenoxy) is 1. The van der Waals surface area contributed by atoms with Crippen LogP contribution in [0.5, 0.6) is 5.75 Å². The zero-order valence-corrected chi connectivity index (χ0v) is 12.4. The molecule has 20 heavy (non-hydrogen) atoms. The van der Waals surface area contributed by atoms with E-state index < -0.39 is 10.0 Å². The van der Waals surface area contributed by atoms with Crippen LogP contribution in [0.15, 0.2) is 28.6 Å². The minimum absolute atomic E-state index is 0.121. The van der Waals surface area contributed by atoms with E-state index in [-0.39, 0.29) is 16.0 Å². The van der Waals surface area contributed by atoms with E-state index in [4.69, 9.17) is 10.5 Å². The van der Waals surface area contributed by atoms with Crippen molar-refractivity contribution in [1.29, 1.82) is 0 Å². The molecule has 1 aromatic heterocycles. The van der Waals surface area contributed by atoms with Crippen molar-refractivity contribution in [2.75, 3.05) is 19.4 Å². The fourth-order valence-electron chi connectivity index (χ4n) is 1.51. The first-order valence-corrected chi connectivity index (χ1v) is 8.03. The van der Waals surface area contributed by atoms with Crippen molar-refractivity contribution >= 4 is 26.5 Å². The quantitative estimate of drug-likeness (QED) is 0.810. The number of sulfonamides is 1. The largest absolute Gasteiger partial charge is 0.497 e. The minimum Gasteiger partial charge on any atom is -0.497 e. The molecule has 0 saturated carbocycles. The molecule has 0 saturated heterocycles. The molecular formula is C11H14N4O3S2. The molecule has 3 N–H and O–H groups in total. The molecular weight excluding hydrogens is 300 g/mol. The van der Waals surface area contributed by atoms with Gasteiger partial charge in [0.1, 0.15) is 5.75 Å². The fraction of sp³-hybridized carbons (Fsp3) is 0.273. The van der Waals surface area contributed by atoms with Crippen molar-refractivity contribution < 1.29 is 13.2 Å². The molecule has 0 bridgehead atoms. The van der Waals surface area contributed by atoms with Crippen LogP contribution >= 0.6 is 11.3 Å². The van der Waals surface area contributed by atoms with Crippen LogP contribution in [-0.4, -0.2) is 32.3 Å². The predicted octanol–water partition coefficient (Wildman–Crippen LogP) is 0.650. The van der Waals surface area contributed by atoms with Crippen LogP contribution in [0, 0.1) is 0 Å². The highest BCUT2D eigenvalue weighted by molar-refractivity contribution is 7.91. The summed E-state index contributed by atoms with van der Waals surface area (Å²) in [5.41, 5.74) is 6.37. The van der Waals surface area contributed by atoms with Gasteiger partial charge in [-0.25, -0.2) is 13.1 Å². The maximum absolute atomic E-state index is 11.9. The van der Waals surface area contributed by atoms with Crippen molar-refractivity contribution in [3.63, 3.8) is 0 Å². The zero-order valence-electron chi connectivity index (χ0n) is 10.7. The second kappa shape index (κ2) is 6.16. The van der Waals surface area contributed by atoms with Gasteiger partial charge < -0.3 is 10.5 Å². The normalized spacial score (nSPS) is 11.4. The van der Waals surface area contributed by atoms with Gasteiger partial charge in [-0.3, -0.25) is 0 Å². The summed E-state index contributed by atoms with van der Waals surface area (Å²) in [5, 5.41) is 7.12. The first-order valence-electron chi connectivity index (χ1n) is 5.73. The number of nitrogens with two attached hydrogens (primary N) is 1. The molecule has 0 radical (unpaired) electrons. The Bertz CT molecular complexity index is 667. The Morgan fingerprint density at radius 2 is 2.00 bits per heavy atom. The molecule has 0 aliphatic heterocycles. The molecule has 1 heterocycles. The predicted molar refractivity (Wildman–Crippen MR) is 76.2 cm³/mol. The zero-order chi connectivity index (χ0) is 14.6. The average molecular weight is 314 g/mol. The Morgan fingerprint density at radius 1 is 1.30 bits per heavy atom. The van der Waals surface area contributed by atoms with E-state index in [2.05, 4.69) is 14.9 Å². The number of aromatic nitrogens is 2. The lowest BCUT2D eigenvalue weighted by atomic mass is 10.1. The SMILES string of the molecule is COc1ccc(CCNS(=O)(=O)c2nnc(N)s2)cc1. The van der Waals surface area contributed by atoms with Gasteiger partial charge in [-0.15, -0.1) is 10.2 Å². The maximum Gasteiger partial charge on any atom is 0.269 e. The summed E-state index contributed by atoms with van der Waals surface area (Å²) in [6.07, 6.45) is 0.567. The fourth-order valence-corrected chi connectivity index (χ4v) is 3.37. The third kappa shape index (κ3) is 3.65. The molecule has 0 atom stereocenters. The van der Waals surface area contributed by atoms with Gasteiger partial charge in [0.05, 0.1) is 7.11 Å². The van der Waals surface area contributed by atoms with E-state index in [0.29, 0.717) is 6.42 Å². The molecule has 0 fully saturated rings. The molecule has 108 valence electrons. The summed E-state index contributed by atoms with van der Waals surface area (Å²) >= 11 is 0.834. The lowest BCUT2D eigenvalue weighted by molar-refractivity contribution is 0.414. The summed E-state index contributed by atoms with van der Waals surface area (Å²) in [7, 11) is -2.04. The lowest BCUT2D eigenvalue weighted by Gasteiger charge is -2.05. The highest BCUT2D eigenvalue weighted by Gasteiger charge is 2.18. The standard InChI is InChI=1S/C11H14N4O3S2/c1-18-9-4-2-8(3-5-9)6-7-13-20(16,17)11-15-14-10(12)19-11/h2-5,13H,6-7H2,1H3,(H2,12,14). The molecule has 9 heteroatoms. The smallest absolute Gasteiger partial charge is 0.269 e. The summed E-state index contributed by atoms with van der Waals surface area (Å²) in [6.45, 7) is 0.272. The van der Waals surface area contributed by atoms with Crippen LogP contribution in [0.3, 0.4) is 0 Å². The van der Waals surface area contributed by atoms with E-state index in [1.165, 1.54) is 0 Å². The third-order valence-corrected chi connectivity index (χ3v) is 5.10. The number of nitrogens with zero attached hydrogens (tertiary/aromatic N) is 2. The summed E-state index contributed by atoms with van der Waals surface area (Å²) in [4.78, 5) is 0. The number of hydrogen-bond donors (Lipinski definition) is 2. The summed E-state index contributed by atoms with van der Waals surface area (Å²) in [6, 6.07) is 7.43. The van der Waals surface area contributed by atoms with Gasteiger partial charge in [0.2, 0.25) is 9.47 Å². The van der Waals surface area contributed by atoms with Gasteiger partial charge in [0.15, 0.2) is 0 Å². The van der Waals surface area contributed by atoms with Crippen molar-refractivity contribution in [3.8, 4) is 5.75 Å². The van der Waals surface area contributed by atoms with E-state index in [1.54, 1.807) is 7.11 Å². The molecule has 0 aliphatic carbocycles. The van der Waals surface area contributed by atoms with Crippen LogP contribution in [0.4, 0.5) is 5.13 Å². The first-order chi connectivity index (χ1) is 9.51. The number of hydrogen-bond acceptors (Lipinski definition) is 7. The van der Waals surface area contributed by atoms with Crippen molar-refractivity contribution in [2.24, 2.45) is 0 Å². The van der Waals surface area contributed by atoms with Gasteiger partial charge in [-0.05, 0) is 24.1 Å². The second-order valence-corrected chi connectivity index (χ2v) is 6.85. The molecule has 0 spiro atoms. The van der Waals surface area contributed by atoms with E-state index in [1.807, 2.05) is 24.3 Å². The van der Waals surface area contributed by atoms with Gasteiger partial charge >= 0.3 is 0 Å². The Kier molecular flexibility index (Phi) is 4.53. The number of rotatable bonds is 6. The van der Waals surface area contributed by atoms with Gasteiger partial charge in [0, 0.05) is 6.54 Å². The highest BCUT2D eigenvalue weighted by atomic mass is 32.2. The lowest BCUT2D eigenvalue weighted by Crippen LogP contribution is -2.25. The number of nitrogens with one attached hydrogen (secondary N) is 1. The summed E-state index contributed by atoms with van der Waals surface area (Å²) in [5.74, 6) is 0.763. The second-order valence-electron chi connectivity index (χ2n) is 3.90. The van der Waals surface area contributed by atoms with Crippen LogP contribution in [0.25, 0.3) is 0 Å². The van der Waals surface area contributed by atoms with Crippen molar-refractivity contribution in [3.05, 3.63) is 29.8 Å². The molecule has 0 aliphatic rings. The summed E-state index contributed by atoms with van der Waals surface area (Å²) < 4.78 is 31.1. The highest BCUT2D eigenvalue weighted by Crippen LogP contribution is 2.16. The Morgan fingerprint density at radius 3 is 2.55 bits per heavy atom. The van der Waals surface area contributed by atoms with Crippen LogP contribution in [-0.2, 0) is 16.4 Å².